The van der Waals surface area contributed by atoms with Crippen LogP contribution in [-0.2, 0) is 24.3 Å². The number of para-hydroxylation sites is 2. The highest BCUT2D eigenvalue weighted by Gasteiger charge is 2.44. The standard InChI is InChI=1S/C24H20N2O2/c1-25-14-19(17-7-3-5-9-21(17)25)24(13-16(27)11-12-23(24)28)20-15-26(2)22-10-6-4-8-18(20)22/h3-15,27H,1-2H3. The summed E-state index contributed by atoms with van der Waals surface area (Å²) in [6.07, 6.45) is 8.66. The van der Waals surface area contributed by atoms with Crippen LogP contribution < -0.4 is 0 Å². The molecular weight excluding hydrogens is 348 g/mol. The van der Waals surface area contributed by atoms with Crippen molar-refractivity contribution in [1.29, 1.82) is 0 Å². The second-order valence-corrected chi connectivity index (χ2v) is 7.42. The zero-order chi connectivity index (χ0) is 19.5. The van der Waals surface area contributed by atoms with Crippen molar-refractivity contribution in [2.24, 2.45) is 14.1 Å². The molecule has 4 aromatic rings. The van der Waals surface area contributed by atoms with Gasteiger partial charge in [0.15, 0.2) is 5.78 Å². The van der Waals surface area contributed by atoms with E-state index in [1.54, 1.807) is 6.08 Å². The normalized spacial score (nSPS) is 16.1. The number of benzene rings is 2. The molecule has 1 N–H and O–H groups in total. The average Bonchev–Trinajstić information content (AvgIpc) is 3.23. The Balaban J connectivity index is 1.95. The molecule has 4 heteroatoms. The lowest BCUT2D eigenvalue weighted by Crippen LogP contribution is -2.36. The number of aromatic nitrogens is 2. The molecule has 0 spiro atoms. The smallest absolute Gasteiger partial charge is 0.174 e. The third kappa shape index (κ3) is 2.09. The second kappa shape index (κ2) is 5.73. The maximum atomic E-state index is 13.5. The van der Waals surface area contributed by atoms with Gasteiger partial charge in [0.1, 0.15) is 11.2 Å². The van der Waals surface area contributed by atoms with Crippen molar-refractivity contribution in [3.05, 3.63) is 96.0 Å². The molecule has 2 heterocycles. The number of ketones is 1. The van der Waals surface area contributed by atoms with Crippen LogP contribution in [0.1, 0.15) is 11.1 Å². The molecule has 0 saturated carbocycles. The summed E-state index contributed by atoms with van der Waals surface area (Å²) in [6.45, 7) is 0. The van der Waals surface area contributed by atoms with E-state index in [2.05, 4.69) is 0 Å². The number of carbonyl (C=O) groups excluding carboxylic acids is 1. The predicted molar refractivity (Wildman–Crippen MR) is 111 cm³/mol. The number of nitrogens with zero attached hydrogens (tertiary/aromatic N) is 2. The van der Waals surface area contributed by atoms with Gasteiger partial charge < -0.3 is 14.2 Å². The van der Waals surface area contributed by atoms with Gasteiger partial charge in [0.25, 0.3) is 0 Å². The van der Waals surface area contributed by atoms with Crippen molar-refractivity contribution in [3.8, 4) is 0 Å². The fourth-order valence-electron chi connectivity index (χ4n) is 4.51. The summed E-state index contributed by atoms with van der Waals surface area (Å²) < 4.78 is 4.07. The van der Waals surface area contributed by atoms with Gasteiger partial charge in [-0.3, -0.25) is 4.79 Å². The quantitative estimate of drug-likeness (QED) is 0.565. The molecule has 0 atom stereocenters. The van der Waals surface area contributed by atoms with Crippen molar-refractivity contribution in [2.75, 3.05) is 0 Å². The number of fused-ring (bicyclic) bond motifs is 2. The molecule has 0 radical (unpaired) electrons. The van der Waals surface area contributed by atoms with Crippen molar-refractivity contribution < 1.29 is 9.90 Å². The minimum atomic E-state index is -1.08. The molecule has 4 nitrogen and oxygen atoms in total. The van der Waals surface area contributed by atoms with Crippen LogP contribution in [0, 0.1) is 0 Å². The van der Waals surface area contributed by atoms with Crippen LogP contribution >= 0.6 is 0 Å². The second-order valence-electron chi connectivity index (χ2n) is 7.42. The van der Waals surface area contributed by atoms with E-state index in [0.29, 0.717) is 0 Å². The molecule has 0 unspecified atom stereocenters. The molecule has 0 amide bonds. The Bertz CT molecular complexity index is 1240. The summed E-state index contributed by atoms with van der Waals surface area (Å²) >= 11 is 0. The number of aryl methyl sites for hydroxylation is 2. The molecule has 0 aliphatic heterocycles. The van der Waals surface area contributed by atoms with E-state index < -0.39 is 5.41 Å². The maximum Gasteiger partial charge on any atom is 0.174 e. The first-order valence-corrected chi connectivity index (χ1v) is 9.26. The van der Waals surface area contributed by atoms with E-state index in [4.69, 9.17) is 0 Å². The van der Waals surface area contributed by atoms with Gasteiger partial charge in [-0.1, -0.05) is 36.4 Å². The predicted octanol–water partition coefficient (Wildman–Crippen LogP) is 4.54. The van der Waals surface area contributed by atoms with Gasteiger partial charge in [-0.25, -0.2) is 0 Å². The van der Waals surface area contributed by atoms with Crippen LogP contribution in [0.2, 0.25) is 0 Å². The van der Waals surface area contributed by atoms with Crippen LogP contribution in [0.25, 0.3) is 21.8 Å². The van der Waals surface area contributed by atoms with Gasteiger partial charge in [-0.2, -0.15) is 0 Å². The molecular formula is C24H20N2O2. The Labute approximate surface area is 162 Å². The third-order valence-electron chi connectivity index (χ3n) is 5.80. The maximum absolute atomic E-state index is 13.5. The van der Waals surface area contributed by atoms with Gasteiger partial charge >= 0.3 is 0 Å². The van der Waals surface area contributed by atoms with E-state index in [-0.39, 0.29) is 11.5 Å². The Morgan fingerprint density at radius 1 is 0.786 bits per heavy atom. The molecule has 28 heavy (non-hydrogen) atoms. The molecule has 1 aliphatic carbocycles. The van der Waals surface area contributed by atoms with Gasteiger partial charge in [-0.15, -0.1) is 0 Å². The first-order valence-electron chi connectivity index (χ1n) is 9.26. The van der Waals surface area contributed by atoms with Gasteiger partial charge in [0.05, 0.1) is 0 Å². The molecule has 2 aromatic carbocycles. The van der Waals surface area contributed by atoms with Crippen molar-refractivity contribution in [2.45, 2.75) is 5.41 Å². The summed E-state index contributed by atoms with van der Waals surface area (Å²) in [5.41, 5.74) is 2.77. The van der Waals surface area contributed by atoms with Gasteiger partial charge in [0.2, 0.25) is 0 Å². The van der Waals surface area contributed by atoms with Crippen molar-refractivity contribution >= 4 is 27.6 Å². The van der Waals surface area contributed by atoms with Crippen LogP contribution in [0.4, 0.5) is 0 Å². The van der Waals surface area contributed by atoms with Crippen molar-refractivity contribution in [1.82, 2.24) is 9.13 Å². The topological polar surface area (TPSA) is 47.2 Å². The Hall–Kier alpha value is -3.53. The summed E-state index contributed by atoms with van der Waals surface area (Å²) in [5, 5.41) is 12.5. The van der Waals surface area contributed by atoms with Crippen LogP contribution in [-0.4, -0.2) is 20.0 Å². The van der Waals surface area contributed by atoms with E-state index in [0.717, 1.165) is 32.9 Å². The molecule has 2 aromatic heterocycles. The molecule has 1 aliphatic rings. The Kier molecular flexibility index (Phi) is 3.40. The fraction of sp³-hybridized carbons (Fsp3) is 0.125. The molecule has 138 valence electrons. The first-order chi connectivity index (χ1) is 13.5. The summed E-state index contributed by atoms with van der Waals surface area (Å²) in [7, 11) is 3.96. The average molecular weight is 368 g/mol. The largest absolute Gasteiger partial charge is 0.508 e. The number of allylic oxidation sites excluding steroid dienone is 3. The third-order valence-corrected chi connectivity index (χ3v) is 5.80. The zero-order valence-electron chi connectivity index (χ0n) is 15.8. The van der Waals surface area contributed by atoms with Crippen LogP contribution in [0.5, 0.6) is 0 Å². The summed E-state index contributed by atoms with van der Waals surface area (Å²) in [5.74, 6) is 0.0403. The van der Waals surface area contributed by atoms with E-state index in [1.807, 2.05) is 84.2 Å². The minimum absolute atomic E-state index is 0.0574. The lowest BCUT2D eigenvalue weighted by atomic mass is 9.69. The number of aliphatic hydroxyl groups excluding tert-OH is 1. The van der Waals surface area contributed by atoms with Gasteiger partial charge in [0, 0.05) is 59.4 Å². The summed E-state index contributed by atoms with van der Waals surface area (Å²) in [4.78, 5) is 13.5. The monoisotopic (exact) mass is 368 g/mol. The zero-order valence-corrected chi connectivity index (χ0v) is 15.8. The number of hydrogen-bond donors (Lipinski definition) is 1. The minimum Gasteiger partial charge on any atom is -0.508 e. The molecule has 5 rings (SSSR count). The summed E-state index contributed by atoms with van der Waals surface area (Å²) in [6, 6.07) is 16.1. The van der Waals surface area contributed by atoms with Crippen molar-refractivity contribution in [3.63, 3.8) is 0 Å². The highest BCUT2D eigenvalue weighted by molar-refractivity contribution is 6.10. The Morgan fingerprint density at radius 3 is 1.82 bits per heavy atom. The van der Waals surface area contributed by atoms with Gasteiger partial charge in [-0.05, 0) is 30.4 Å². The van der Waals surface area contributed by atoms with E-state index in [9.17, 15) is 9.90 Å². The van der Waals surface area contributed by atoms with Crippen LogP contribution in [0.15, 0.2) is 84.9 Å². The van der Waals surface area contributed by atoms with Crippen LogP contribution in [0.3, 0.4) is 0 Å². The van der Waals surface area contributed by atoms with E-state index in [1.165, 1.54) is 12.2 Å². The molecule has 0 saturated heterocycles. The number of hydrogen-bond acceptors (Lipinski definition) is 2. The molecule has 0 bridgehead atoms. The number of carbonyl (C=O) groups is 1. The highest BCUT2D eigenvalue weighted by atomic mass is 16.3. The Morgan fingerprint density at radius 2 is 1.29 bits per heavy atom. The highest BCUT2D eigenvalue weighted by Crippen LogP contribution is 2.45. The lowest BCUT2D eigenvalue weighted by molar-refractivity contribution is -0.117. The SMILES string of the molecule is Cn1cc(C2(c3cn(C)c4ccccc34)C=C(O)C=CC2=O)c2ccccc21. The fourth-order valence-corrected chi connectivity index (χ4v) is 4.51. The van der Waals surface area contributed by atoms with E-state index >= 15 is 0 Å². The first kappa shape index (κ1) is 16.6. The molecule has 0 fully saturated rings. The number of rotatable bonds is 2. The number of aliphatic hydroxyl groups is 1. The lowest BCUT2D eigenvalue weighted by Gasteiger charge is -2.30.